The van der Waals surface area contributed by atoms with E-state index in [0.29, 0.717) is 30.4 Å². The van der Waals surface area contributed by atoms with E-state index in [4.69, 9.17) is 15.2 Å². The molecular formula is C13H17F3IN3O2. The summed E-state index contributed by atoms with van der Waals surface area (Å²) in [6.07, 6.45) is -4.45. The van der Waals surface area contributed by atoms with Gasteiger partial charge in [-0.15, -0.1) is 24.0 Å². The molecule has 1 aromatic rings. The van der Waals surface area contributed by atoms with E-state index < -0.39 is 19.1 Å². The Hall–Kier alpha value is -1.39. The van der Waals surface area contributed by atoms with Crippen molar-refractivity contribution in [2.45, 2.75) is 19.0 Å². The van der Waals surface area contributed by atoms with Crippen LogP contribution in [0.3, 0.4) is 0 Å². The van der Waals surface area contributed by atoms with Gasteiger partial charge < -0.3 is 20.5 Å². The fraction of sp³-hybridized carbons (Fsp3) is 0.462. The Morgan fingerprint density at radius 2 is 1.91 bits per heavy atom. The monoisotopic (exact) mass is 431 g/mol. The third-order valence-corrected chi connectivity index (χ3v) is 2.70. The molecule has 0 unspecified atom stereocenters. The lowest BCUT2D eigenvalue weighted by molar-refractivity contribution is -0.132. The molecule has 3 N–H and O–H groups in total. The largest absolute Gasteiger partial charge is 0.490 e. The van der Waals surface area contributed by atoms with Crippen LogP contribution < -0.4 is 20.5 Å². The molecule has 0 aliphatic carbocycles. The maximum Gasteiger partial charge on any atom is 0.390 e. The average Bonchev–Trinajstić information content (AvgIpc) is 2.61. The van der Waals surface area contributed by atoms with Crippen LogP contribution in [0.1, 0.15) is 12.8 Å². The van der Waals surface area contributed by atoms with Crippen molar-refractivity contribution in [2.24, 2.45) is 10.7 Å². The van der Waals surface area contributed by atoms with Gasteiger partial charge in [0.2, 0.25) is 0 Å². The van der Waals surface area contributed by atoms with Gasteiger partial charge in [-0.25, -0.2) is 0 Å². The molecule has 0 bridgehead atoms. The predicted molar refractivity (Wildman–Crippen MR) is 88.2 cm³/mol. The van der Waals surface area contributed by atoms with Crippen LogP contribution in [0.15, 0.2) is 23.2 Å². The van der Waals surface area contributed by atoms with Crippen LogP contribution in [0.2, 0.25) is 0 Å². The lowest BCUT2D eigenvalue weighted by Crippen LogP contribution is -2.23. The number of guanidine groups is 1. The molecule has 0 radical (unpaired) electrons. The first-order valence-corrected chi connectivity index (χ1v) is 6.47. The summed E-state index contributed by atoms with van der Waals surface area (Å²) in [6, 6.07) is 5.08. The van der Waals surface area contributed by atoms with Gasteiger partial charge in [-0.1, -0.05) is 0 Å². The Labute approximate surface area is 143 Å². The average molecular weight is 431 g/mol. The van der Waals surface area contributed by atoms with Crippen LogP contribution in [0.25, 0.3) is 0 Å². The van der Waals surface area contributed by atoms with Crippen molar-refractivity contribution in [3.05, 3.63) is 18.2 Å². The van der Waals surface area contributed by atoms with Crippen LogP contribution in [-0.4, -0.2) is 31.9 Å². The van der Waals surface area contributed by atoms with E-state index in [-0.39, 0.29) is 29.9 Å². The molecule has 22 heavy (non-hydrogen) atoms. The fourth-order valence-electron chi connectivity index (χ4n) is 1.73. The zero-order valence-electron chi connectivity index (χ0n) is 11.7. The van der Waals surface area contributed by atoms with Gasteiger partial charge in [0.15, 0.2) is 17.5 Å². The number of nitrogens with one attached hydrogen (secondary N) is 1. The van der Waals surface area contributed by atoms with Crippen LogP contribution in [0, 0.1) is 0 Å². The maximum absolute atomic E-state index is 12.0. The molecular weight excluding hydrogens is 414 g/mol. The predicted octanol–water partition coefficient (Wildman–Crippen LogP) is 3.14. The van der Waals surface area contributed by atoms with Crippen molar-refractivity contribution in [2.75, 3.05) is 25.1 Å². The Balaban J connectivity index is 0.00000242. The Bertz CT molecular complexity index is 524. The lowest BCUT2D eigenvalue weighted by atomic mass is 10.3. The summed E-state index contributed by atoms with van der Waals surface area (Å²) >= 11 is 0. The van der Waals surface area contributed by atoms with Crippen LogP contribution in [0.4, 0.5) is 18.9 Å². The minimum Gasteiger partial charge on any atom is -0.490 e. The Morgan fingerprint density at radius 1 is 1.23 bits per heavy atom. The first-order valence-electron chi connectivity index (χ1n) is 6.47. The first-order chi connectivity index (χ1) is 9.94. The molecule has 1 aliphatic rings. The Morgan fingerprint density at radius 3 is 2.59 bits per heavy atom. The molecule has 5 nitrogen and oxygen atoms in total. The quantitative estimate of drug-likeness (QED) is 0.439. The van der Waals surface area contributed by atoms with Gasteiger partial charge in [0.05, 0.1) is 26.2 Å². The third kappa shape index (κ3) is 6.16. The van der Waals surface area contributed by atoms with E-state index in [0.717, 1.165) is 6.42 Å². The highest BCUT2D eigenvalue weighted by atomic mass is 127. The van der Waals surface area contributed by atoms with Crippen LogP contribution in [0.5, 0.6) is 11.5 Å². The van der Waals surface area contributed by atoms with Crippen molar-refractivity contribution in [1.82, 2.24) is 0 Å². The third-order valence-electron chi connectivity index (χ3n) is 2.70. The maximum atomic E-state index is 12.0. The van der Waals surface area contributed by atoms with Gasteiger partial charge in [0, 0.05) is 18.2 Å². The molecule has 0 saturated heterocycles. The van der Waals surface area contributed by atoms with E-state index in [1.807, 2.05) is 0 Å². The van der Waals surface area contributed by atoms with Gasteiger partial charge in [-0.05, 0) is 12.1 Å². The van der Waals surface area contributed by atoms with E-state index in [1.165, 1.54) is 0 Å². The van der Waals surface area contributed by atoms with Crippen molar-refractivity contribution in [1.29, 1.82) is 0 Å². The highest BCUT2D eigenvalue weighted by Gasteiger charge is 2.26. The lowest BCUT2D eigenvalue weighted by Gasteiger charge is -2.11. The second-order valence-corrected chi connectivity index (χ2v) is 4.47. The van der Waals surface area contributed by atoms with Crippen molar-refractivity contribution < 1.29 is 22.6 Å². The van der Waals surface area contributed by atoms with Gasteiger partial charge in [0.25, 0.3) is 0 Å². The summed E-state index contributed by atoms with van der Waals surface area (Å²) in [6.45, 7) is 0.722. The van der Waals surface area contributed by atoms with Crippen molar-refractivity contribution >= 4 is 35.6 Å². The van der Waals surface area contributed by atoms with E-state index in [1.54, 1.807) is 18.2 Å². The van der Waals surface area contributed by atoms with Gasteiger partial charge in [0.1, 0.15) is 0 Å². The van der Waals surface area contributed by atoms with Crippen molar-refractivity contribution in [3.8, 4) is 11.5 Å². The number of nitrogens with zero attached hydrogens (tertiary/aromatic N) is 1. The van der Waals surface area contributed by atoms with E-state index >= 15 is 0 Å². The second-order valence-electron chi connectivity index (χ2n) is 4.47. The number of alkyl halides is 3. The van der Waals surface area contributed by atoms with Crippen molar-refractivity contribution in [3.63, 3.8) is 0 Å². The summed E-state index contributed by atoms with van der Waals surface area (Å²) in [7, 11) is 0. The number of fused-ring (bicyclic) bond motifs is 1. The number of ether oxygens (including phenoxy) is 2. The topological polar surface area (TPSA) is 68.9 Å². The first kappa shape index (κ1) is 18.7. The summed E-state index contributed by atoms with van der Waals surface area (Å²) in [5.41, 5.74) is 6.12. The number of hydrogen-bond donors (Lipinski definition) is 2. The summed E-state index contributed by atoms with van der Waals surface area (Å²) in [5.74, 6) is 1.12. The highest BCUT2D eigenvalue weighted by Crippen LogP contribution is 2.32. The number of nitrogens with two attached hydrogens (primary N) is 1. The zero-order chi connectivity index (χ0) is 15.3. The molecule has 1 aliphatic heterocycles. The summed E-state index contributed by atoms with van der Waals surface area (Å²) < 4.78 is 47.0. The molecule has 0 atom stereocenters. The molecule has 1 aromatic carbocycles. The highest BCUT2D eigenvalue weighted by molar-refractivity contribution is 14.0. The molecule has 9 heteroatoms. The number of halogens is 4. The number of anilines is 1. The molecule has 0 saturated carbocycles. The van der Waals surface area contributed by atoms with Crippen LogP contribution >= 0.6 is 24.0 Å². The number of rotatable bonds is 3. The number of benzene rings is 1. The van der Waals surface area contributed by atoms with Gasteiger partial charge >= 0.3 is 6.18 Å². The number of aliphatic imine (C=N–C) groups is 1. The molecule has 2 rings (SSSR count). The second kappa shape index (κ2) is 8.30. The molecule has 0 spiro atoms. The van der Waals surface area contributed by atoms with Gasteiger partial charge in [-0.2, -0.15) is 13.2 Å². The molecule has 124 valence electrons. The summed E-state index contributed by atoms with van der Waals surface area (Å²) in [5, 5.41) is 2.72. The van der Waals surface area contributed by atoms with Crippen LogP contribution in [-0.2, 0) is 0 Å². The SMILES string of the molecule is I.NC(=NCCC(F)(F)F)Nc1ccc2c(c1)OCCCO2. The molecule has 0 aromatic heterocycles. The minimum atomic E-state index is -4.24. The Kier molecular flexibility index (Phi) is 7.04. The van der Waals surface area contributed by atoms with E-state index in [2.05, 4.69) is 10.3 Å². The fourth-order valence-corrected chi connectivity index (χ4v) is 1.73. The molecule has 1 heterocycles. The molecule has 0 amide bonds. The zero-order valence-corrected chi connectivity index (χ0v) is 14.0. The minimum absolute atomic E-state index is 0. The summed E-state index contributed by atoms with van der Waals surface area (Å²) in [4.78, 5) is 3.63. The number of hydrogen-bond acceptors (Lipinski definition) is 3. The standard InChI is InChI=1S/C13H16F3N3O2.HI/c14-13(15,16)4-5-18-12(17)19-9-2-3-10-11(8-9)21-7-1-6-20-10;/h2-3,8H,1,4-7H2,(H3,17,18,19);1H. The smallest absolute Gasteiger partial charge is 0.390 e. The normalized spacial score (nSPS) is 14.8. The van der Waals surface area contributed by atoms with E-state index in [9.17, 15) is 13.2 Å². The van der Waals surface area contributed by atoms with Gasteiger partial charge in [-0.3, -0.25) is 4.99 Å². The molecule has 0 fully saturated rings.